The molecule has 2 saturated carbocycles. The summed E-state index contributed by atoms with van der Waals surface area (Å²) >= 11 is 18.4. The number of nitrogens with zero attached hydrogens (tertiary/aromatic N) is 3. The van der Waals surface area contributed by atoms with Gasteiger partial charge in [-0.25, -0.2) is 0 Å². The van der Waals surface area contributed by atoms with Gasteiger partial charge in [-0.3, -0.25) is 4.57 Å². The van der Waals surface area contributed by atoms with Crippen molar-refractivity contribution in [3.8, 4) is 11.4 Å². The Morgan fingerprint density at radius 3 is 2.29 bits per heavy atom. The van der Waals surface area contributed by atoms with E-state index in [1.54, 1.807) is 11.8 Å². The number of alkyl halides is 2. The van der Waals surface area contributed by atoms with E-state index in [2.05, 4.69) is 74.1 Å². The third-order valence-corrected chi connectivity index (χ3v) is 9.05. The van der Waals surface area contributed by atoms with E-state index < -0.39 is 4.33 Å². The number of thioether (sulfide) groups is 1. The first-order valence-electron chi connectivity index (χ1n) is 10.8. The zero-order valence-corrected chi connectivity index (χ0v) is 21.0. The minimum absolute atomic E-state index is 0.153. The molecule has 5 rings (SSSR count). The molecule has 2 fully saturated rings. The van der Waals surface area contributed by atoms with Crippen molar-refractivity contribution < 1.29 is 0 Å². The summed E-state index contributed by atoms with van der Waals surface area (Å²) in [7, 11) is 0. The third kappa shape index (κ3) is 4.71. The predicted octanol–water partition coefficient (Wildman–Crippen LogP) is 8.24. The largest absolute Gasteiger partial charge is 0.299 e. The molecular weight excluding hydrogens is 513 g/mol. The zero-order chi connectivity index (χ0) is 21.4. The highest BCUT2D eigenvalue weighted by Gasteiger charge is 2.56. The minimum atomic E-state index is -0.655. The lowest BCUT2D eigenvalue weighted by atomic mass is 9.95. The van der Waals surface area contributed by atoms with E-state index in [9.17, 15) is 0 Å². The summed E-state index contributed by atoms with van der Waals surface area (Å²) in [4.78, 5) is 0. The second-order valence-electron chi connectivity index (χ2n) is 8.50. The van der Waals surface area contributed by atoms with E-state index in [-0.39, 0.29) is 11.2 Å². The Kier molecular flexibility index (Phi) is 6.40. The molecule has 0 bridgehead atoms. The summed E-state index contributed by atoms with van der Waals surface area (Å²) < 4.78 is 2.79. The first-order valence-corrected chi connectivity index (χ1v) is 13.3. The molecule has 31 heavy (non-hydrogen) atoms. The van der Waals surface area contributed by atoms with Gasteiger partial charge in [-0.15, -0.1) is 33.4 Å². The Labute approximate surface area is 206 Å². The summed E-state index contributed by atoms with van der Waals surface area (Å²) in [5, 5.41) is 10.5. The molecule has 0 radical (unpaired) electrons. The molecular formula is C24H24BrCl2N3S. The lowest BCUT2D eigenvalue weighted by Gasteiger charge is -2.27. The molecule has 0 saturated heterocycles. The van der Waals surface area contributed by atoms with E-state index in [0.717, 1.165) is 27.4 Å². The summed E-state index contributed by atoms with van der Waals surface area (Å²) in [5.74, 6) is 1.16. The summed E-state index contributed by atoms with van der Waals surface area (Å²) in [5.41, 5.74) is 2.34. The maximum absolute atomic E-state index is 6.53. The van der Waals surface area contributed by atoms with Crippen molar-refractivity contribution in [2.24, 2.45) is 5.92 Å². The molecule has 1 aromatic heterocycles. The maximum atomic E-state index is 6.53. The highest BCUT2D eigenvalue weighted by Crippen LogP contribution is 2.63. The smallest absolute Gasteiger partial charge is 0.192 e. The van der Waals surface area contributed by atoms with Crippen molar-refractivity contribution >= 4 is 50.9 Å². The molecule has 2 atom stereocenters. The van der Waals surface area contributed by atoms with Crippen LogP contribution in [-0.4, -0.2) is 19.1 Å². The Hall–Kier alpha value is -1.01. The number of hydrogen-bond acceptors (Lipinski definition) is 3. The molecule has 0 spiro atoms. The number of halogens is 3. The van der Waals surface area contributed by atoms with E-state index >= 15 is 0 Å². The topological polar surface area (TPSA) is 30.7 Å². The van der Waals surface area contributed by atoms with Gasteiger partial charge in [0.05, 0.1) is 0 Å². The van der Waals surface area contributed by atoms with Crippen LogP contribution in [0.15, 0.2) is 64.2 Å². The monoisotopic (exact) mass is 535 g/mol. The minimum Gasteiger partial charge on any atom is -0.299 e. The van der Waals surface area contributed by atoms with Crippen LogP contribution in [0.5, 0.6) is 0 Å². The Morgan fingerprint density at radius 2 is 1.65 bits per heavy atom. The number of benzene rings is 2. The van der Waals surface area contributed by atoms with Gasteiger partial charge in [0, 0.05) is 27.2 Å². The van der Waals surface area contributed by atoms with Crippen LogP contribution in [0.2, 0.25) is 0 Å². The van der Waals surface area contributed by atoms with Gasteiger partial charge >= 0.3 is 0 Å². The van der Waals surface area contributed by atoms with E-state index in [4.69, 9.17) is 28.3 Å². The molecule has 0 aliphatic heterocycles. The Morgan fingerprint density at radius 1 is 0.968 bits per heavy atom. The van der Waals surface area contributed by atoms with Crippen LogP contribution >= 0.6 is 50.9 Å². The van der Waals surface area contributed by atoms with Crippen molar-refractivity contribution in [2.45, 2.75) is 59.3 Å². The van der Waals surface area contributed by atoms with Gasteiger partial charge < -0.3 is 0 Å². The number of hydrogen-bond donors (Lipinski definition) is 0. The number of aromatic nitrogens is 3. The van der Waals surface area contributed by atoms with Crippen LogP contribution in [0, 0.1) is 5.92 Å². The van der Waals surface area contributed by atoms with Gasteiger partial charge in [-0.2, -0.15) is 0 Å². The molecule has 7 heteroatoms. The average Bonchev–Trinajstić information content (AvgIpc) is 3.23. The molecule has 0 amide bonds. The lowest BCUT2D eigenvalue weighted by molar-refractivity contribution is 0.339. The number of rotatable bonds is 6. The predicted molar refractivity (Wildman–Crippen MR) is 133 cm³/mol. The summed E-state index contributed by atoms with van der Waals surface area (Å²) in [6, 6.07) is 19.3. The second-order valence-corrected chi connectivity index (χ2v) is 12.1. The van der Waals surface area contributed by atoms with Crippen molar-refractivity contribution in [3.05, 3.63) is 64.6 Å². The van der Waals surface area contributed by atoms with Crippen LogP contribution in [0.1, 0.15) is 55.4 Å². The maximum Gasteiger partial charge on any atom is 0.192 e. The summed E-state index contributed by atoms with van der Waals surface area (Å²) in [6.45, 7) is 0. The summed E-state index contributed by atoms with van der Waals surface area (Å²) in [6.07, 6.45) is 6.96. The lowest BCUT2D eigenvalue weighted by Crippen LogP contribution is -2.16. The Bertz CT molecular complexity index is 1030. The van der Waals surface area contributed by atoms with Gasteiger partial charge in [0.1, 0.15) is 4.33 Å². The third-order valence-electron chi connectivity index (χ3n) is 6.31. The fraction of sp³-hybridized carbons (Fsp3) is 0.417. The Balaban J connectivity index is 1.54. The van der Waals surface area contributed by atoms with Crippen molar-refractivity contribution in [3.63, 3.8) is 0 Å². The van der Waals surface area contributed by atoms with Gasteiger partial charge in [-0.1, -0.05) is 89.4 Å². The van der Waals surface area contributed by atoms with Crippen LogP contribution < -0.4 is 0 Å². The average molecular weight is 537 g/mol. The molecule has 0 N–H and O–H groups in total. The van der Waals surface area contributed by atoms with Crippen molar-refractivity contribution in [1.82, 2.24) is 14.8 Å². The van der Waals surface area contributed by atoms with Gasteiger partial charge in [0.15, 0.2) is 11.0 Å². The molecule has 2 aliphatic carbocycles. The molecule has 2 unspecified atom stereocenters. The fourth-order valence-electron chi connectivity index (χ4n) is 4.52. The molecule has 3 nitrogen and oxygen atoms in total. The molecule has 3 aromatic rings. The van der Waals surface area contributed by atoms with Gasteiger partial charge in [0.2, 0.25) is 0 Å². The SMILES string of the molecule is ClC1(Cl)CC1C(Sc1nnc(-c2ccc(Br)cc2)n1C1CCCCC1)c1ccccc1. The first kappa shape index (κ1) is 21.8. The molecule has 1 heterocycles. The highest BCUT2D eigenvalue weighted by molar-refractivity contribution is 9.10. The fourth-order valence-corrected chi connectivity index (χ4v) is 6.97. The van der Waals surface area contributed by atoms with Crippen molar-refractivity contribution in [1.29, 1.82) is 0 Å². The van der Waals surface area contributed by atoms with E-state index in [1.165, 1.54) is 37.7 Å². The van der Waals surface area contributed by atoms with Crippen LogP contribution in [-0.2, 0) is 0 Å². The van der Waals surface area contributed by atoms with Crippen LogP contribution in [0.3, 0.4) is 0 Å². The molecule has 2 aromatic carbocycles. The first-order chi connectivity index (χ1) is 15.0. The van der Waals surface area contributed by atoms with Crippen LogP contribution in [0.4, 0.5) is 0 Å². The van der Waals surface area contributed by atoms with Crippen molar-refractivity contribution in [2.75, 3.05) is 0 Å². The van der Waals surface area contributed by atoms with Gasteiger partial charge in [-0.05, 0) is 37.0 Å². The normalized spacial score (nSPS) is 21.7. The van der Waals surface area contributed by atoms with Crippen LogP contribution in [0.25, 0.3) is 11.4 Å². The standard InChI is InChI=1S/C24H24BrCl2N3S/c25-18-13-11-17(12-14-18)22-28-29-23(30(22)19-9-5-2-6-10-19)31-21(20-15-24(20,26)27)16-7-3-1-4-8-16/h1,3-4,7-8,11-14,19-21H,2,5-6,9-10,15H2. The quantitative estimate of drug-likeness (QED) is 0.234. The van der Waals surface area contributed by atoms with E-state index in [0.29, 0.717) is 6.04 Å². The van der Waals surface area contributed by atoms with Gasteiger partial charge in [0.25, 0.3) is 0 Å². The molecule has 162 valence electrons. The highest BCUT2D eigenvalue weighted by atomic mass is 79.9. The van der Waals surface area contributed by atoms with E-state index in [1.807, 2.05) is 6.07 Å². The molecule has 2 aliphatic rings. The zero-order valence-electron chi connectivity index (χ0n) is 17.1. The second kappa shape index (κ2) is 9.09.